The molecule has 0 radical (unpaired) electrons. The third kappa shape index (κ3) is 6.02. The van der Waals surface area contributed by atoms with E-state index in [1.54, 1.807) is 19.9 Å². The van der Waals surface area contributed by atoms with E-state index >= 15 is 0 Å². The van der Waals surface area contributed by atoms with Gasteiger partial charge in [0.25, 0.3) is 5.91 Å². The number of carbonyl (C=O) groups is 2. The van der Waals surface area contributed by atoms with Crippen LogP contribution in [0.15, 0.2) is 41.3 Å². The van der Waals surface area contributed by atoms with E-state index in [2.05, 4.69) is 10.0 Å². The summed E-state index contributed by atoms with van der Waals surface area (Å²) in [5.41, 5.74) is 1.74. The number of sulfonamides is 1. The normalized spacial score (nSPS) is 20.2. The average Bonchev–Trinajstić information content (AvgIpc) is 3.28. The summed E-state index contributed by atoms with van der Waals surface area (Å²) in [6, 6.07) is 10.5. The van der Waals surface area contributed by atoms with Crippen molar-refractivity contribution in [3.05, 3.63) is 47.1 Å². The van der Waals surface area contributed by atoms with Crippen LogP contribution in [-0.2, 0) is 21.2 Å². The van der Waals surface area contributed by atoms with Gasteiger partial charge in [0.15, 0.2) is 5.01 Å². The van der Waals surface area contributed by atoms with Crippen molar-refractivity contribution in [3.63, 3.8) is 0 Å². The Labute approximate surface area is 233 Å². The number of aromatic nitrogens is 1. The third-order valence-electron chi connectivity index (χ3n) is 7.73. The fraction of sp³-hybridized carbons (Fsp3) is 0.483. The Morgan fingerprint density at radius 1 is 1.05 bits per heavy atom. The number of thiazole rings is 1. The number of hydrogen-bond acceptors (Lipinski definition) is 6. The maximum absolute atomic E-state index is 13.2. The first-order valence-electron chi connectivity index (χ1n) is 13.7. The lowest BCUT2D eigenvalue weighted by molar-refractivity contribution is -0.145. The predicted molar refractivity (Wildman–Crippen MR) is 152 cm³/mol. The molecule has 0 unspecified atom stereocenters. The minimum absolute atomic E-state index is 0.161. The highest BCUT2D eigenvalue weighted by Gasteiger charge is 2.36. The molecule has 208 valence electrons. The van der Waals surface area contributed by atoms with E-state index in [0.717, 1.165) is 40.8 Å². The minimum atomic E-state index is -3.71. The standard InChI is InChI=1S/C29H35N3O5S2/c1-17(2)32-39(36,37)25-13-12-23(21-10-6-7-11-22(21)25)26-24(14-18-8-4-3-5-9-18)31-28(38-26)27(33)30-20-15-19(16-20)29(34)35/h6-7,10-13,17-20,32H,3-5,8-9,14-16H2,1-2H3,(H,30,33)(H,34,35). The van der Waals surface area contributed by atoms with Crippen LogP contribution in [0.4, 0.5) is 0 Å². The Bertz CT molecular complexity index is 1490. The maximum Gasteiger partial charge on any atom is 0.306 e. The molecule has 8 nitrogen and oxygen atoms in total. The predicted octanol–water partition coefficient (Wildman–Crippen LogP) is 5.37. The van der Waals surface area contributed by atoms with Crippen LogP contribution in [0.5, 0.6) is 0 Å². The molecule has 2 fully saturated rings. The van der Waals surface area contributed by atoms with Gasteiger partial charge in [0.05, 0.1) is 21.4 Å². The molecule has 1 aromatic heterocycles. The molecule has 0 atom stereocenters. The lowest BCUT2D eigenvalue weighted by Crippen LogP contribution is -2.46. The van der Waals surface area contributed by atoms with Gasteiger partial charge in [0, 0.05) is 23.0 Å². The van der Waals surface area contributed by atoms with Crippen molar-refractivity contribution in [3.8, 4) is 10.4 Å². The van der Waals surface area contributed by atoms with Crippen molar-refractivity contribution in [2.45, 2.75) is 82.2 Å². The van der Waals surface area contributed by atoms with Crippen molar-refractivity contribution < 1.29 is 23.1 Å². The van der Waals surface area contributed by atoms with E-state index in [9.17, 15) is 18.0 Å². The molecule has 2 aliphatic rings. The number of benzene rings is 2. The monoisotopic (exact) mass is 569 g/mol. The second-order valence-electron chi connectivity index (χ2n) is 11.1. The SMILES string of the molecule is CC(C)NS(=O)(=O)c1ccc(-c2sc(C(=O)NC3CC(C(=O)O)C3)nc2CC2CCCCC2)c2ccccc12. The summed E-state index contributed by atoms with van der Waals surface area (Å²) in [5.74, 6) is -1.02. The number of amides is 1. The number of aliphatic carboxylic acids is 1. The van der Waals surface area contributed by atoms with Crippen LogP contribution < -0.4 is 10.0 Å². The molecule has 1 amide bonds. The van der Waals surface area contributed by atoms with E-state index in [1.165, 1.54) is 30.6 Å². The molecule has 0 saturated heterocycles. The number of carbonyl (C=O) groups excluding carboxylic acids is 1. The lowest BCUT2D eigenvalue weighted by atomic mass is 9.80. The zero-order valence-corrected chi connectivity index (χ0v) is 23.9. The summed E-state index contributed by atoms with van der Waals surface area (Å²) in [4.78, 5) is 30.3. The van der Waals surface area contributed by atoms with Crippen LogP contribution in [0.25, 0.3) is 21.2 Å². The number of carboxylic acids is 1. The van der Waals surface area contributed by atoms with E-state index in [-0.39, 0.29) is 22.9 Å². The van der Waals surface area contributed by atoms with Gasteiger partial charge >= 0.3 is 5.97 Å². The van der Waals surface area contributed by atoms with Crippen LogP contribution in [0.2, 0.25) is 0 Å². The molecule has 3 N–H and O–H groups in total. The summed E-state index contributed by atoms with van der Waals surface area (Å²) >= 11 is 1.33. The summed E-state index contributed by atoms with van der Waals surface area (Å²) in [6.07, 6.45) is 7.54. The highest BCUT2D eigenvalue weighted by atomic mass is 32.2. The second kappa shape index (κ2) is 11.3. The highest BCUT2D eigenvalue weighted by Crippen LogP contribution is 2.40. The summed E-state index contributed by atoms with van der Waals surface area (Å²) < 4.78 is 28.9. The van der Waals surface area contributed by atoms with Crippen LogP contribution in [0, 0.1) is 11.8 Å². The Kier molecular flexibility index (Phi) is 8.07. The topological polar surface area (TPSA) is 125 Å². The van der Waals surface area contributed by atoms with Gasteiger partial charge in [-0.15, -0.1) is 11.3 Å². The van der Waals surface area contributed by atoms with E-state index in [1.807, 2.05) is 30.3 Å². The number of nitrogens with zero attached hydrogens (tertiary/aromatic N) is 1. The van der Waals surface area contributed by atoms with Gasteiger partial charge in [-0.05, 0) is 50.5 Å². The highest BCUT2D eigenvalue weighted by molar-refractivity contribution is 7.89. The molecule has 2 aliphatic carbocycles. The molecule has 10 heteroatoms. The largest absolute Gasteiger partial charge is 0.481 e. The smallest absolute Gasteiger partial charge is 0.306 e. The second-order valence-corrected chi connectivity index (χ2v) is 13.8. The number of hydrogen-bond donors (Lipinski definition) is 3. The van der Waals surface area contributed by atoms with Crippen molar-refractivity contribution in [1.29, 1.82) is 0 Å². The Balaban J connectivity index is 1.53. The van der Waals surface area contributed by atoms with E-state index in [0.29, 0.717) is 29.2 Å². The fourth-order valence-corrected chi connectivity index (χ4v) is 8.22. The molecule has 5 rings (SSSR count). The summed E-state index contributed by atoms with van der Waals surface area (Å²) in [6.45, 7) is 3.59. The minimum Gasteiger partial charge on any atom is -0.481 e. The van der Waals surface area contributed by atoms with Gasteiger partial charge in [-0.25, -0.2) is 18.1 Å². The van der Waals surface area contributed by atoms with Crippen LogP contribution in [0.3, 0.4) is 0 Å². The third-order valence-corrected chi connectivity index (χ3v) is 10.6. The maximum atomic E-state index is 13.2. The van der Waals surface area contributed by atoms with Crippen molar-refractivity contribution in [1.82, 2.24) is 15.0 Å². The van der Waals surface area contributed by atoms with Gasteiger partial charge in [-0.2, -0.15) is 0 Å². The quantitative estimate of drug-likeness (QED) is 0.318. The molecule has 0 aliphatic heterocycles. The van der Waals surface area contributed by atoms with Crippen LogP contribution >= 0.6 is 11.3 Å². The first-order chi connectivity index (χ1) is 18.6. The lowest BCUT2D eigenvalue weighted by Gasteiger charge is -2.32. The molecular weight excluding hydrogens is 534 g/mol. The number of rotatable bonds is 9. The number of carboxylic acid groups (broad SMARTS) is 1. The van der Waals surface area contributed by atoms with Crippen LogP contribution in [0.1, 0.15) is 74.3 Å². The average molecular weight is 570 g/mol. The van der Waals surface area contributed by atoms with Crippen molar-refractivity contribution in [2.24, 2.45) is 11.8 Å². The van der Waals surface area contributed by atoms with Gasteiger partial charge in [-0.3, -0.25) is 9.59 Å². The van der Waals surface area contributed by atoms with E-state index < -0.39 is 21.9 Å². The van der Waals surface area contributed by atoms with Crippen LogP contribution in [-0.4, -0.2) is 42.5 Å². The van der Waals surface area contributed by atoms with E-state index in [4.69, 9.17) is 10.1 Å². The Hall–Kier alpha value is -2.82. The zero-order chi connectivity index (χ0) is 27.7. The van der Waals surface area contributed by atoms with Gasteiger partial charge < -0.3 is 10.4 Å². The van der Waals surface area contributed by atoms with Gasteiger partial charge in [0.1, 0.15) is 0 Å². The molecular formula is C29H35N3O5S2. The molecule has 1 heterocycles. The molecule has 0 spiro atoms. The van der Waals surface area contributed by atoms with Crippen molar-refractivity contribution in [2.75, 3.05) is 0 Å². The molecule has 3 aromatic rings. The molecule has 0 bridgehead atoms. The summed E-state index contributed by atoms with van der Waals surface area (Å²) in [7, 11) is -3.71. The number of nitrogens with one attached hydrogen (secondary N) is 2. The van der Waals surface area contributed by atoms with Crippen molar-refractivity contribution >= 4 is 44.0 Å². The molecule has 2 aromatic carbocycles. The first kappa shape index (κ1) is 27.7. The first-order valence-corrected chi connectivity index (χ1v) is 16.0. The molecule has 2 saturated carbocycles. The fourth-order valence-electron chi connectivity index (χ4n) is 5.72. The molecule has 39 heavy (non-hydrogen) atoms. The Morgan fingerprint density at radius 2 is 1.74 bits per heavy atom. The van der Waals surface area contributed by atoms with Gasteiger partial charge in [0.2, 0.25) is 10.0 Å². The number of fused-ring (bicyclic) bond motifs is 1. The van der Waals surface area contributed by atoms with Gasteiger partial charge in [-0.1, -0.05) is 62.4 Å². The summed E-state index contributed by atoms with van der Waals surface area (Å²) in [5, 5.41) is 13.9. The zero-order valence-electron chi connectivity index (χ0n) is 22.3. The Morgan fingerprint density at radius 3 is 2.41 bits per heavy atom.